The van der Waals surface area contributed by atoms with E-state index >= 15 is 0 Å². The number of nitrogens with one attached hydrogen (secondary N) is 2. The van der Waals surface area contributed by atoms with Gasteiger partial charge in [-0.1, -0.05) is 41.9 Å². The molecule has 170 valence electrons. The van der Waals surface area contributed by atoms with Gasteiger partial charge in [-0.05, 0) is 54.4 Å². The Labute approximate surface area is 195 Å². The zero-order valence-corrected chi connectivity index (χ0v) is 18.8. The molecule has 0 spiro atoms. The summed E-state index contributed by atoms with van der Waals surface area (Å²) in [5, 5.41) is 5.99. The van der Waals surface area contributed by atoms with Crippen LogP contribution in [0.4, 0.5) is 10.1 Å². The van der Waals surface area contributed by atoms with Gasteiger partial charge in [0, 0.05) is 16.3 Å². The maximum Gasteiger partial charge on any atom is 0.307 e. The average Bonchev–Trinajstić information content (AvgIpc) is 2.80. The summed E-state index contributed by atoms with van der Waals surface area (Å²) in [4.78, 5) is 37.4. The minimum atomic E-state index is -0.653. The summed E-state index contributed by atoms with van der Waals surface area (Å²) in [6.45, 7) is 1.76. The van der Waals surface area contributed by atoms with Gasteiger partial charge in [0.25, 0.3) is 11.8 Å². The molecule has 0 bridgehead atoms. The second kappa shape index (κ2) is 10.7. The lowest BCUT2D eigenvalue weighted by molar-refractivity contribution is -0.141. The van der Waals surface area contributed by atoms with Gasteiger partial charge in [0.2, 0.25) is 0 Å². The highest BCUT2D eigenvalue weighted by Crippen LogP contribution is 2.23. The van der Waals surface area contributed by atoms with E-state index in [2.05, 4.69) is 10.6 Å². The van der Waals surface area contributed by atoms with Crippen molar-refractivity contribution in [3.63, 3.8) is 0 Å². The van der Waals surface area contributed by atoms with Gasteiger partial charge in [0.15, 0.2) is 0 Å². The standard InChI is InChI=1S/C25H22ClFN2O4/c1-15-7-8-17(13-21(15)28-25(32)19-5-3-4-6-20(19)27)24(31)29-22(14-23(30)33-2)16-9-11-18(26)12-10-16/h3-13,22H,14H2,1-2H3,(H,28,32)(H,29,31). The summed E-state index contributed by atoms with van der Waals surface area (Å²) < 4.78 is 18.7. The second-order valence-electron chi connectivity index (χ2n) is 7.32. The van der Waals surface area contributed by atoms with Crippen LogP contribution in [-0.2, 0) is 9.53 Å². The molecule has 1 atom stereocenters. The van der Waals surface area contributed by atoms with Gasteiger partial charge in [-0.3, -0.25) is 14.4 Å². The van der Waals surface area contributed by atoms with Crippen molar-refractivity contribution in [3.8, 4) is 0 Å². The first-order valence-corrected chi connectivity index (χ1v) is 10.5. The monoisotopic (exact) mass is 468 g/mol. The lowest BCUT2D eigenvalue weighted by Crippen LogP contribution is -2.30. The lowest BCUT2D eigenvalue weighted by atomic mass is 10.0. The molecule has 3 rings (SSSR count). The highest BCUT2D eigenvalue weighted by atomic mass is 35.5. The molecule has 2 amide bonds. The maximum atomic E-state index is 13.9. The highest BCUT2D eigenvalue weighted by Gasteiger charge is 2.21. The molecule has 0 radical (unpaired) electrons. The maximum absolute atomic E-state index is 13.9. The Hall–Kier alpha value is -3.71. The van der Waals surface area contributed by atoms with Crippen LogP contribution in [0.25, 0.3) is 0 Å². The Morgan fingerprint density at radius 1 is 1.00 bits per heavy atom. The molecule has 3 aromatic carbocycles. The molecule has 33 heavy (non-hydrogen) atoms. The zero-order valence-electron chi connectivity index (χ0n) is 18.0. The van der Waals surface area contributed by atoms with E-state index in [4.69, 9.17) is 16.3 Å². The molecule has 0 aromatic heterocycles. The first kappa shape index (κ1) is 23.9. The number of ether oxygens (including phenoxy) is 1. The van der Waals surface area contributed by atoms with Crippen molar-refractivity contribution in [2.24, 2.45) is 0 Å². The number of anilines is 1. The molecule has 0 saturated heterocycles. The van der Waals surface area contributed by atoms with E-state index < -0.39 is 29.6 Å². The van der Waals surface area contributed by atoms with Crippen molar-refractivity contribution in [2.45, 2.75) is 19.4 Å². The highest BCUT2D eigenvalue weighted by molar-refractivity contribution is 6.30. The molecule has 0 aliphatic rings. The van der Waals surface area contributed by atoms with Gasteiger partial charge in [-0.25, -0.2) is 4.39 Å². The third kappa shape index (κ3) is 6.17. The molecule has 0 aliphatic carbocycles. The van der Waals surface area contributed by atoms with Crippen molar-refractivity contribution in [1.82, 2.24) is 5.32 Å². The molecule has 2 N–H and O–H groups in total. The number of amides is 2. The number of halogens is 2. The summed E-state index contributed by atoms with van der Waals surface area (Å²) >= 11 is 5.94. The van der Waals surface area contributed by atoms with Gasteiger partial charge in [-0.2, -0.15) is 0 Å². The summed E-state index contributed by atoms with van der Waals surface area (Å²) in [6.07, 6.45) is -0.0768. The number of esters is 1. The van der Waals surface area contributed by atoms with E-state index in [1.165, 1.54) is 31.4 Å². The first-order valence-electron chi connectivity index (χ1n) is 10.1. The third-order valence-corrected chi connectivity index (χ3v) is 5.29. The molecular formula is C25H22ClFN2O4. The van der Waals surface area contributed by atoms with Crippen LogP contribution in [0.5, 0.6) is 0 Å². The predicted octanol–water partition coefficient (Wildman–Crippen LogP) is 5.07. The number of hydrogen-bond donors (Lipinski definition) is 2. The largest absolute Gasteiger partial charge is 0.469 e. The number of methoxy groups -OCH3 is 1. The van der Waals surface area contributed by atoms with Gasteiger partial charge < -0.3 is 15.4 Å². The van der Waals surface area contributed by atoms with Crippen LogP contribution in [0.15, 0.2) is 66.7 Å². The number of aryl methyl sites for hydroxylation is 1. The second-order valence-corrected chi connectivity index (χ2v) is 7.76. The van der Waals surface area contributed by atoms with Crippen LogP contribution in [0, 0.1) is 12.7 Å². The fourth-order valence-electron chi connectivity index (χ4n) is 3.17. The summed E-state index contributed by atoms with van der Waals surface area (Å²) in [6, 6.07) is 16.5. The molecule has 0 fully saturated rings. The zero-order chi connectivity index (χ0) is 24.0. The van der Waals surface area contributed by atoms with E-state index in [1.807, 2.05) is 0 Å². The number of rotatable bonds is 7. The molecule has 0 heterocycles. The summed E-state index contributed by atoms with van der Waals surface area (Å²) in [5.74, 6) is -2.22. The average molecular weight is 469 g/mol. The Kier molecular flexibility index (Phi) is 7.79. The smallest absolute Gasteiger partial charge is 0.307 e. The molecule has 6 nitrogen and oxygen atoms in total. The molecule has 3 aromatic rings. The Balaban J connectivity index is 1.82. The molecule has 0 saturated carbocycles. The van der Waals surface area contributed by atoms with Crippen molar-refractivity contribution in [1.29, 1.82) is 0 Å². The van der Waals surface area contributed by atoms with Crippen LogP contribution >= 0.6 is 11.6 Å². The van der Waals surface area contributed by atoms with Gasteiger partial charge in [0.05, 0.1) is 25.1 Å². The van der Waals surface area contributed by atoms with E-state index in [0.717, 1.165) is 0 Å². The van der Waals surface area contributed by atoms with Crippen LogP contribution in [-0.4, -0.2) is 24.9 Å². The third-order valence-electron chi connectivity index (χ3n) is 5.04. The minimum Gasteiger partial charge on any atom is -0.469 e. The van der Waals surface area contributed by atoms with E-state index in [9.17, 15) is 18.8 Å². The molecule has 8 heteroatoms. The fraction of sp³-hybridized carbons (Fsp3) is 0.160. The molecular weight excluding hydrogens is 447 g/mol. The lowest BCUT2D eigenvalue weighted by Gasteiger charge is -2.19. The van der Waals surface area contributed by atoms with Crippen molar-refractivity contribution < 1.29 is 23.5 Å². The van der Waals surface area contributed by atoms with Crippen LogP contribution in [0.1, 0.15) is 44.3 Å². The number of benzene rings is 3. The minimum absolute atomic E-state index is 0.0768. The molecule has 1 unspecified atom stereocenters. The Morgan fingerprint density at radius 2 is 1.70 bits per heavy atom. The Morgan fingerprint density at radius 3 is 2.36 bits per heavy atom. The van der Waals surface area contributed by atoms with Crippen LogP contribution in [0.2, 0.25) is 5.02 Å². The quantitative estimate of drug-likeness (QED) is 0.474. The van der Waals surface area contributed by atoms with Crippen molar-refractivity contribution in [3.05, 3.63) is 99.8 Å². The van der Waals surface area contributed by atoms with Gasteiger partial charge in [0.1, 0.15) is 5.82 Å². The SMILES string of the molecule is COC(=O)CC(NC(=O)c1ccc(C)c(NC(=O)c2ccccc2F)c1)c1ccc(Cl)cc1. The van der Waals surface area contributed by atoms with E-state index in [-0.39, 0.29) is 17.5 Å². The first-order chi connectivity index (χ1) is 15.8. The van der Waals surface area contributed by atoms with Crippen LogP contribution < -0.4 is 10.6 Å². The van der Waals surface area contributed by atoms with E-state index in [1.54, 1.807) is 49.4 Å². The van der Waals surface area contributed by atoms with Gasteiger partial charge >= 0.3 is 5.97 Å². The Bertz CT molecular complexity index is 1180. The van der Waals surface area contributed by atoms with Crippen molar-refractivity contribution in [2.75, 3.05) is 12.4 Å². The predicted molar refractivity (Wildman–Crippen MR) is 124 cm³/mol. The van der Waals surface area contributed by atoms with Crippen molar-refractivity contribution >= 4 is 35.1 Å². The van der Waals surface area contributed by atoms with Gasteiger partial charge in [-0.15, -0.1) is 0 Å². The van der Waals surface area contributed by atoms with Crippen LogP contribution in [0.3, 0.4) is 0 Å². The molecule has 0 aliphatic heterocycles. The summed E-state index contributed by atoms with van der Waals surface area (Å²) in [7, 11) is 1.27. The number of hydrogen-bond acceptors (Lipinski definition) is 4. The fourth-order valence-corrected chi connectivity index (χ4v) is 3.30. The normalized spacial score (nSPS) is 11.4. The number of carbonyl (C=O) groups excluding carboxylic acids is 3. The summed E-state index contributed by atoms with van der Waals surface area (Å²) in [5.41, 5.74) is 1.89. The van der Waals surface area contributed by atoms with E-state index in [0.29, 0.717) is 21.8 Å². The number of carbonyl (C=O) groups is 3. The topological polar surface area (TPSA) is 84.5 Å².